The van der Waals surface area contributed by atoms with Gasteiger partial charge in [0.05, 0.1) is 0 Å². The topological polar surface area (TPSA) is 20.3 Å². The third-order valence-electron chi connectivity index (χ3n) is 4.93. The second kappa shape index (κ2) is 18.0. The highest BCUT2D eigenvalue weighted by Crippen LogP contribution is 2.13. The normalized spacial score (nSPS) is 10.8. The molecule has 0 heterocycles. The lowest BCUT2D eigenvalue weighted by Gasteiger charge is -2.22. The van der Waals surface area contributed by atoms with E-state index >= 15 is 0 Å². The van der Waals surface area contributed by atoms with Gasteiger partial charge in [-0.05, 0) is 19.8 Å². The number of hydrogen-bond acceptors (Lipinski definition) is 1. The maximum Gasteiger partial charge on any atom is 0.248 e. The maximum atomic E-state index is 12.0. The zero-order valence-corrected chi connectivity index (χ0v) is 17.6. The molecule has 0 saturated carbocycles. The first-order chi connectivity index (χ1) is 12.1. The molecule has 148 valence electrons. The standard InChI is InChI=1S/C23H45NO/c1-5-7-8-9-10-11-12-13-14-15-16-17-18-19-21-24(20-6-2)23(25)22(3)4/h3,5-21H2,1-2,4H3. The van der Waals surface area contributed by atoms with Gasteiger partial charge in [0, 0.05) is 18.7 Å². The molecule has 0 aliphatic heterocycles. The Morgan fingerprint density at radius 3 is 1.40 bits per heavy atom. The van der Waals surface area contributed by atoms with Gasteiger partial charge in [0.25, 0.3) is 0 Å². The quantitative estimate of drug-likeness (QED) is 0.188. The van der Waals surface area contributed by atoms with Crippen molar-refractivity contribution >= 4 is 5.91 Å². The fourth-order valence-corrected chi connectivity index (χ4v) is 3.35. The van der Waals surface area contributed by atoms with Gasteiger partial charge in [-0.2, -0.15) is 0 Å². The molecule has 0 atom stereocenters. The van der Waals surface area contributed by atoms with E-state index in [0.717, 1.165) is 25.9 Å². The van der Waals surface area contributed by atoms with Crippen LogP contribution in [0.15, 0.2) is 12.2 Å². The van der Waals surface area contributed by atoms with E-state index in [-0.39, 0.29) is 5.91 Å². The van der Waals surface area contributed by atoms with Crippen molar-refractivity contribution in [1.29, 1.82) is 0 Å². The number of nitrogens with zero attached hydrogens (tertiary/aromatic N) is 1. The highest BCUT2D eigenvalue weighted by molar-refractivity contribution is 5.92. The van der Waals surface area contributed by atoms with Crippen LogP contribution in [0.5, 0.6) is 0 Å². The summed E-state index contributed by atoms with van der Waals surface area (Å²) in [6.07, 6.45) is 20.3. The van der Waals surface area contributed by atoms with E-state index in [1.807, 2.05) is 11.8 Å². The number of unbranched alkanes of at least 4 members (excludes halogenated alkanes) is 13. The molecule has 0 aromatic rings. The summed E-state index contributed by atoms with van der Waals surface area (Å²) >= 11 is 0. The summed E-state index contributed by atoms with van der Waals surface area (Å²) in [4.78, 5) is 14.0. The Balaban J connectivity index is 3.40. The molecule has 0 aromatic carbocycles. The SMILES string of the molecule is C=C(C)C(=O)N(CCC)CCCCCCCCCCCCCCCC. The molecule has 0 saturated heterocycles. The molecule has 0 rings (SSSR count). The molecule has 1 amide bonds. The first-order valence-electron chi connectivity index (χ1n) is 11.1. The molecule has 2 nitrogen and oxygen atoms in total. The molecule has 25 heavy (non-hydrogen) atoms. The molecule has 0 bridgehead atoms. The van der Waals surface area contributed by atoms with Crippen molar-refractivity contribution in [3.63, 3.8) is 0 Å². The molecular formula is C23H45NO. The largest absolute Gasteiger partial charge is 0.339 e. The Morgan fingerprint density at radius 1 is 0.640 bits per heavy atom. The van der Waals surface area contributed by atoms with Crippen LogP contribution >= 0.6 is 0 Å². The highest BCUT2D eigenvalue weighted by atomic mass is 16.2. The van der Waals surface area contributed by atoms with Crippen LogP contribution in [0.2, 0.25) is 0 Å². The van der Waals surface area contributed by atoms with E-state index in [9.17, 15) is 4.79 Å². The lowest BCUT2D eigenvalue weighted by molar-refractivity contribution is -0.127. The second-order valence-electron chi connectivity index (χ2n) is 7.67. The van der Waals surface area contributed by atoms with Gasteiger partial charge in [-0.1, -0.05) is 104 Å². The van der Waals surface area contributed by atoms with E-state index in [0.29, 0.717) is 5.57 Å². The molecule has 0 N–H and O–H groups in total. The van der Waals surface area contributed by atoms with E-state index in [2.05, 4.69) is 20.4 Å². The van der Waals surface area contributed by atoms with Gasteiger partial charge >= 0.3 is 0 Å². The zero-order chi connectivity index (χ0) is 18.8. The van der Waals surface area contributed by atoms with Gasteiger partial charge in [0.2, 0.25) is 5.91 Å². The number of carbonyl (C=O) groups excluding carboxylic acids is 1. The third-order valence-corrected chi connectivity index (χ3v) is 4.93. The van der Waals surface area contributed by atoms with Gasteiger partial charge in [0.1, 0.15) is 0 Å². The Morgan fingerprint density at radius 2 is 1.04 bits per heavy atom. The Kier molecular flexibility index (Phi) is 17.4. The molecule has 0 aromatic heterocycles. The van der Waals surface area contributed by atoms with Crippen LogP contribution in [0.3, 0.4) is 0 Å². The van der Waals surface area contributed by atoms with Gasteiger partial charge in [-0.25, -0.2) is 0 Å². The number of hydrogen-bond donors (Lipinski definition) is 0. The summed E-state index contributed by atoms with van der Waals surface area (Å²) in [5.74, 6) is 0.136. The Labute approximate surface area is 158 Å². The molecule has 0 radical (unpaired) electrons. The maximum absolute atomic E-state index is 12.0. The summed E-state index contributed by atoms with van der Waals surface area (Å²) in [6, 6.07) is 0. The van der Waals surface area contributed by atoms with Crippen LogP contribution < -0.4 is 0 Å². The molecule has 2 heteroatoms. The van der Waals surface area contributed by atoms with Gasteiger partial charge in [-0.15, -0.1) is 0 Å². The van der Waals surface area contributed by atoms with Crippen molar-refractivity contribution in [2.75, 3.05) is 13.1 Å². The summed E-state index contributed by atoms with van der Waals surface area (Å²) < 4.78 is 0. The van der Waals surface area contributed by atoms with Crippen LogP contribution in [0.4, 0.5) is 0 Å². The fraction of sp³-hybridized carbons (Fsp3) is 0.870. The van der Waals surface area contributed by atoms with Crippen molar-refractivity contribution in [3.8, 4) is 0 Å². The first kappa shape index (κ1) is 24.2. The van der Waals surface area contributed by atoms with Crippen molar-refractivity contribution in [3.05, 3.63) is 12.2 Å². The predicted octanol–water partition coefficient (Wildman–Crippen LogP) is 7.28. The van der Waals surface area contributed by atoms with Gasteiger partial charge < -0.3 is 4.90 Å². The highest BCUT2D eigenvalue weighted by Gasteiger charge is 2.12. The molecule has 0 unspecified atom stereocenters. The van der Waals surface area contributed by atoms with Crippen LogP contribution in [-0.4, -0.2) is 23.9 Å². The van der Waals surface area contributed by atoms with Crippen molar-refractivity contribution in [1.82, 2.24) is 4.90 Å². The van der Waals surface area contributed by atoms with E-state index in [1.165, 1.54) is 83.5 Å². The smallest absolute Gasteiger partial charge is 0.248 e. The Hall–Kier alpha value is -0.790. The van der Waals surface area contributed by atoms with Gasteiger partial charge in [0.15, 0.2) is 0 Å². The molecular weight excluding hydrogens is 306 g/mol. The monoisotopic (exact) mass is 351 g/mol. The zero-order valence-electron chi connectivity index (χ0n) is 17.6. The van der Waals surface area contributed by atoms with E-state index < -0.39 is 0 Å². The lowest BCUT2D eigenvalue weighted by Crippen LogP contribution is -2.33. The summed E-state index contributed by atoms with van der Waals surface area (Å²) in [5.41, 5.74) is 0.666. The van der Waals surface area contributed by atoms with Crippen LogP contribution in [0.1, 0.15) is 117 Å². The van der Waals surface area contributed by atoms with Crippen molar-refractivity contribution in [2.45, 2.75) is 117 Å². The predicted molar refractivity (Wildman–Crippen MR) is 112 cm³/mol. The van der Waals surface area contributed by atoms with Crippen LogP contribution in [0, 0.1) is 0 Å². The lowest BCUT2D eigenvalue weighted by atomic mass is 10.0. The van der Waals surface area contributed by atoms with E-state index in [1.54, 1.807) is 0 Å². The third kappa shape index (κ3) is 15.2. The average molecular weight is 352 g/mol. The number of carbonyl (C=O) groups is 1. The average Bonchev–Trinajstić information content (AvgIpc) is 2.60. The number of rotatable bonds is 18. The summed E-state index contributed by atoms with van der Waals surface area (Å²) in [6.45, 7) is 11.8. The first-order valence-corrected chi connectivity index (χ1v) is 11.1. The van der Waals surface area contributed by atoms with Crippen LogP contribution in [-0.2, 0) is 4.79 Å². The van der Waals surface area contributed by atoms with Crippen molar-refractivity contribution in [2.24, 2.45) is 0 Å². The number of amides is 1. The summed E-state index contributed by atoms with van der Waals surface area (Å²) in [7, 11) is 0. The Bertz CT molecular complexity index is 324. The summed E-state index contributed by atoms with van der Waals surface area (Å²) in [5, 5.41) is 0. The molecule has 0 aliphatic rings. The second-order valence-corrected chi connectivity index (χ2v) is 7.67. The van der Waals surface area contributed by atoms with Crippen LogP contribution in [0.25, 0.3) is 0 Å². The fourth-order valence-electron chi connectivity index (χ4n) is 3.35. The van der Waals surface area contributed by atoms with Crippen molar-refractivity contribution < 1.29 is 4.79 Å². The minimum Gasteiger partial charge on any atom is -0.339 e. The minimum atomic E-state index is 0.136. The van der Waals surface area contributed by atoms with Gasteiger partial charge in [-0.3, -0.25) is 4.79 Å². The molecule has 0 fully saturated rings. The minimum absolute atomic E-state index is 0.136. The molecule has 0 aliphatic carbocycles. The molecule has 0 spiro atoms. The van der Waals surface area contributed by atoms with E-state index in [4.69, 9.17) is 0 Å².